The van der Waals surface area contributed by atoms with Gasteiger partial charge in [0.25, 0.3) is 0 Å². The number of hydrogen-bond donors (Lipinski definition) is 1. The lowest BCUT2D eigenvalue weighted by Gasteiger charge is -2.23. The lowest BCUT2D eigenvalue weighted by molar-refractivity contribution is -0.137. The quantitative estimate of drug-likeness (QED) is 0.881. The fourth-order valence-corrected chi connectivity index (χ4v) is 1.86. The molecule has 1 aromatic rings. The van der Waals surface area contributed by atoms with Crippen molar-refractivity contribution in [3.63, 3.8) is 0 Å². The van der Waals surface area contributed by atoms with Crippen molar-refractivity contribution in [3.8, 4) is 0 Å². The van der Waals surface area contributed by atoms with Gasteiger partial charge < -0.3 is 5.11 Å². The summed E-state index contributed by atoms with van der Waals surface area (Å²) < 4.78 is 13.6. The van der Waals surface area contributed by atoms with Crippen LogP contribution in [0.1, 0.15) is 32.3 Å². The summed E-state index contributed by atoms with van der Waals surface area (Å²) in [4.78, 5) is 11.9. The van der Waals surface area contributed by atoms with Crippen LogP contribution in [0.5, 0.6) is 0 Å². The van der Waals surface area contributed by atoms with Crippen molar-refractivity contribution < 1.29 is 14.3 Å². The van der Waals surface area contributed by atoms with Crippen LogP contribution in [0.25, 0.3) is 0 Å². The Bertz CT molecular complexity index is 414. The van der Waals surface area contributed by atoms with E-state index in [-0.39, 0.29) is 22.8 Å². The maximum absolute atomic E-state index is 13.6. The molecule has 0 fully saturated rings. The molecule has 0 unspecified atom stereocenters. The van der Waals surface area contributed by atoms with Crippen molar-refractivity contribution in [2.75, 3.05) is 0 Å². The van der Waals surface area contributed by atoms with Crippen molar-refractivity contribution in [2.45, 2.75) is 38.7 Å². The maximum atomic E-state index is 13.6. The van der Waals surface area contributed by atoms with Crippen molar-refractivity contribution >= 4 is 17.4 Å². The molecule has 0 amide bonds. The summed E-state index contributed by atoms with van der Waals surface area (Å²) in [6.07, 6.45) is 0.514. The normalized spacial score (nSPS) is 11.6. The molecule has 0 saturated carbocycles. The zero-order valence-corrected chi connectivity index (χ0v) is 10.7. The summed E-state index contributed by atoms with van der Waals surface area (Å²) in [7, 11) is 0. The van der Waals surface area contributed by atoms with Gasteiger partial charge in [0.2, 0.25) is 0 Å². The highest BCUT2D eigenvalue weighted by Crippen LogP contribution is 2.22. The molecular weight excluding hydrogens is 243 g/mol. The van der Waals surface area contributed by atoms with Gasteiger partial charge in [0, 0.05) is 6.42 Å². The number of benzene rings is 1. The Morgan fingerprint density at radius 3 is 2.53 bits per heavy atom. The van der Waals surface area contributed by atoms with Crippen molar-refractivity contribution in [2.24, 2.45) is 0 Å². The van der Waals surface area contributed by atoms with Crippen LogP contribution in [0.15, 0.2) is 18.2 Å². The third-order valence-corrected chi connectivity index (χ3v) is 3.36. The minimum atomic E-state index is -1.37. The van der Waals surface area contributed by atoms with Crippen LogP contribution in [-0.4, -0.2) is 16.5 Å². The highest BCUT2D eigenvalue weighted by molar-refractivity contribution is 6.30. The lowest BCUT2D eigenvalue weighted by atomic mass is 9.88. The molecule has 0 saturated heterocycles. The van der Waals surface area contributed by atoms with E-state index in [9.17, 15) is 14.3 Å². The van der Waals surface area contributed by atoms with Gasteiger partial charge >= 0.3 is 0 Å². The summed E-state index contributed by atoms with van der Waals surface area (Å²) >= 11 is 5.63. The van der Waals surface area contributed by atoms with E-state index < -0.39 is 11.4 Å². The Morgan fingerprint density at radius 2 is 2.00 bits per heavy atom. The first-order chi connectivity index (χ1) is 7.94. The van der Waals surface area contributed by atoms with Crippen molar-refractivity contribution in [1.29, 1.82) is 0 Å². The second-order valence-electron chi connectivity index (χ2n) is 4.05. The Balaban J connectivity index is 2.92. The minimum Gasteiger partial charge on any atom is -0.382 e. The Kier molecular flexibility index (Phi) is 4.66. The molecule has 0 radical (unpaired) electrons. The van der Waals surface area contributed by atoms with Gasteiger partial charge in [-0.15, -0.1) is 0 Å². The molecule has 17 heavy (non-hydrogen) atoms. The molecule has 0 atom stereocenters. The van der Waals surface area contributed by atoms with E-state index in [1.807, 2.05) is 0 Å². The smallest absolute Gasteiger partial charge is 0.168 e. The number of aliphatic hydroxyl groups is 1. The molecular formula is C13H16ClFO2. The van der Waals surface area contributed by atoms with Crippen LogP contribution in [0.3, 0.4) is 0 Å². The summed E-state index contributed by atoms with van der Waals surface area (Å²) in [5.74, 6) is -0.958. The van der Waals surface area contributed by atoms with Gasteiger partial charge in [-0.25, -0.2) is 4.39 Å². The number of carbonyl (C=O) groups excluding carboxylic acids is 1. The second kappa shape index (κ2) is 5.61. The van der Waals surface area contributed by atoms with Crippen LogP contribution in [0.4, 0.5) is 4.39 Å². The van der Waals surface area contributed by atoms with Gasteiger partial charge in [0.05, 0.1) is 5.02 Å². The van der Waals surface area contributed by atoms with Crippen LogP contribution in [-0.2, 0) is 11.2 Å². The number of carbonyl (C=O) groups is 1. The van der Waals surface area contributed by atoms with E-state index in [0.29, 0.717) is 12.8 Å². The summed E-state index contributed by atoms with van der Waals surface area (Å²) in [6, 6.07) is 4.52. The Morgan fingerprint density at radius 1 is 1.41 bits per heavy atom. The molecule has 0 aliphatic rings. The third-order valence-electron chi connectivity index (χ3n) is 3.07. The predicted octanol–water partition coefficient (Wildman–Crippen LogP) is 3.14. The highest BCUT2D eigenvalue weighted by atomic mass is 35.5. The largest absolute Gasteiger partial charge is 0.382 e. The first-order valence-electron chi connectivity index (χ1n) is 5.63. The molecule has 0 heterocycles. The molecule has 4 heteroatoms. The topological polar surface area (TPSA) is 37.3 Å². The molecule has 2 nitrogen and oxygen atoms in total. The van der Waals surface area contributed by atoms with E-state index in [1.54, 1.807) is 19.9 Å². The van der Waals surface area contributed by atoms with Gasteiger partial charge in [-0.3, -0.25) is 4.79 Å². The standard InChI is InChI=1S/C13H16ClFO2/c1-3-13(17,4-2)11(16)8-9-6-5-7-10(14)12(9)15/h5-7,17H,3-4,8H2,1-2H3. The molecule has 94 valence electrons. The summed E-state index contributed by atoms with van der Waals surface area (Å²) in [5.41, 5.74) is -1.14. The van der Waals surface area contributed by atoms with Gasteiger partial charge in [-0.05, 0) is 24.5 Å². The van der Waals surface area contributed by atoms with Gasteiger partial charge in [0.15, 0.2) is 5.78 Å². The van der Waals surface area contributed by atoms with Crippen LogP contribution in [0, 0.1) is 5.82 Å². The maximum Gasteiger partial charge on any atom is 0.168 e. The monoisotopic (exact) mass is 258 g/mol. The predicted molar refractivity (Wildman–Crippen MR) is 65.7 cm³/mol. The fraction of sp³-hybridized carbons (Fsp3) is 0.462. The molecule has 0 bridgehead atoms. The molecule has 0 aliphatic carbocycles. The first kappa shape index (κ1) is 14.1. The lowest BCUT2D eigenvalue weighted by Crippen LogP contribution is -2.38. The molecule has 0 aliphatic heterocycles. The van der Waals surface area contributed by atoms with E-state index in [0.717, 1.165) is 0 Å². The van der Waals surface area contributed by atoms with Crippen molar-refractivity contribution in [1.82, 2.24) is 0 Å². The summed E-state index contributed by atoms with van der Waals surface area (Å²) in [5, 5.41) is 10.0. The number of halogens is 2. The highest BCUT2D eigenvalue weighted by Gasteiger charge is 2.31. The molecule has 1 rings (SSSR count). The Labute approximate surface area is 105 Å². The van der Waals surface area contributed by atoms with E-state index in [2.05, 4.69) is 0 Å². The zero-order chi connectivity index (χ0) is 13.1. The summed E-state index contributed by atoms with van der Waals surface area (Å²) in [6.45, 7) is 3.46. The third kappa shape index (κ3) is 3.05. The molecule has 1 aromatic carbocycles. The average Bonchev–Trinajstić information content (AvgIpc) is 2.33. The fourth-order valence-electron chi connectivity index (χ4n) is 1.67. The zero-order valence-electron chi connectivity index (χ0n) is 9.96. The van der Waals surface area contributed by atoms with Gasteiger partial charge in [-0.1, -0.05) is 37.6 Å². The Hall–Kier alpha value is -0.930. The molecule has 0 spiro atoms. The van der Waals surface area contributed by atoms with Crippen LogP contribution in [0.2, 0.25) is 5.02 Å². The SMILES string of the molecule is CCC(O)(CC)C(=O)Cc1cccc(Cl)c1F. The average molecular weight is 259 g/mol. The van der Waals surface area contributed by atoms with E-state index >= 15 is 0 Å². The molecule has 0 aromatic heterocycles. The minimum absolute atomic E-state index is 0.00756. The van der Waals surface area contributed by atoms with Crippen LogP contribution < -0.4 is 0 Å². The molecule has 1 N–H and O–H groups in total. The van der Waals surface area contributed by atoms with Gasteiger partial charge in [0.1, 0.15) is 11.4 Å². The first-order valence-corrected chi connectivity index (χ1v) is 6.01. The van der Waals surface area contributed by atoms with Gasteiger partial charge in [-0.2, -0.15) is 0 Å². The van der Waals surface area contributed by atoms with E-state index in [4.69, 9.17) is 11.6 Å². The number of Topliss-reactive ketones (excluding diaryl/α,β-unsaturated/α-hetero) is 1. The second-order valence-corrected chi connectivity index (χ2v) is 4.46. The van der Waals surface area contributed by atoms with E-state index in [1.165, 1.54) is 12.1 Å². The van der Waals surface area contributed by atoms with Crippen molar-refractivity contribution in [3.05, 3.63) is 34.6 Å². The van der Waals surface area contributed by atoms with Crippen LogP contribution >= 0.6 is 11.6 Å². The number of rotatable bonds is 5. The number of hydrogen-bond acceptors (Lipinski definition) is 2. The number of ketones is 1.